The molecule has 2 N–H and O–H groups in total. The van der Waals surface area contributed by atoms with Crippen LogP contribution >= 0.6 is 23.7 Å². The van der Waals surface area contributed by atoms with Crippen molar-refractivity contribution in [2.75, 3.05) is 19.6 Å². The van der Waals surface area contributed by atoms with E-state index in [0.29, 0.717) is 5.92 Å². The van der Waals surface area contributed by atoms with Gasteiger partial charge in [-0.15, -0.1) is 23.7 Å². The van der Waals surface area contributed by atoms with Crippen molar-refractivity contribution in [2.45, 2.75) is 39.2 Å². The van der Waals surface area contributed by atoms with Gasteiger partial charge in [0.2, 0.25) is 0 Å². The Kier molecular flexibility index (Phi) is 5.59. The maximum absolute atomic E-state index is 5.71. The van der Waals surface area contributed by atoms with Crippen LogP contribution < -0.4 is 5.73 Å². The lowest BCUT2D eigenvalue weighted by molar-refractivity contribution is 0.314. The molecule has 18 heavy (non-hydrogen) atoms. The number of aromatic nitrogens is 1. The molecule has 3 nitrogen and oxygen atoms in total. The zero-order valence-corrected chi connectivity index (χ0v) is 13.1. The average Bonchev–Trinajstić information content (AvgIpc) is 2.86. The number of nitrogens with two attached hydrogens (primary N) is 1. The predicted octanol–water partition coefficient (Wildman–Crippen LogP) is 2.64. The number of rotatable bonds is 3. The van der Waals surface area contributed by atoms with Crippen molar-refractivity contribution in [1.82, 2.24) is 9.88 Å². The van der Waals surface area contributed by atoms with Gasteiger partial charge in [0, 0.05) is 23.9 Å². The number of hydrogen-bond acceptors (Lipinski definition) is 4. The van der Waals surface area contributed by atoms with Gasteiger partial charge in [-0.1, -0.05) is 20.8 Å². The highest BCUT2D eigenvalue weighted by Gasteiger charge is 2.23. The van der Waals surface area contributed by atoms with Crippen LogP contribution in [0.1, 0.15) is 37.9 Å². The summed E-state index contributed by atoms with van der Waals surface area (Å²) >= 11 is 1.78. The molecule has 0 bridgehead atoms. The lowest BCUT2D eigenvalue weighted by atomic mass is 9.98. The zero-order valence-electron chi connectivity index (χ0n) is 11.5. The summed E-state index contributed by atoms with van der Waals surface area (Å²) in [4.78, 5) is 7.21. The van der Waals surface area contributed by atoms with E-state index >= 15 is 0 Å². The van der Waals surface area contributed by atoms with Gasteiger partial charge in [-0.05, 0) is 25.4 Å². The summed E-state index contributed by atoms with van der Waals surface area (Å²) < 4.78 is 0. The summed E-state index contributed by atoms with van der Waals surface area (Å²) in [6.45, 7) is 10.8. The molecule has 1 saturated heterocycles. The molecule has 1 atom stereocenters. The second-order valence-corrected chi connectivity index (χ2v) is 6.88. The van der Waals surface area contributed by atoms with E-state index in [0.717, 1.165) is 19.6 Å². The van der Waals surface area contributed by atoms with Crippen molar-refractivity contribution in [2.24, 2.45) is 11.7 Å². The Morgan fingerprint density at radius 1 is 1.50 bits per heavy atom. The molecule has 1 unspecified atom stereocenters. The van der Waals surface area contributed by atoms with Gasteiger partial charge in [0.05, 0.1) is 10.7 Å². The van der Waals surface area contributed by atoms with E-state index in [1.165, 1.54) is 23.7 Å². The summed E-state index contributed by atoms with van der Waals surface area (Å²) in [5.74, 6) is 0.690. The fourth-order valence-corrected chi connectivity index (χ4v) is 3.10. The van der Waals surface area contributed by atoms with E-state index in [4.69, 9.17) is 10.7 Å². The Hall–Kier alpha value is -0.160. The van der Waals surface area contributed by atoms with E-state index in [9.17, 15) is 0 Å². The molecule has 1 aliphatic rings. The van der Waals surface area contributed by atoms with Crippen LogP contribution in [0, 0.1) is 5.92 Å². The predicted molar refractivity (Wildman–Crippen MR) is 80.5 cm³/mol. The monoisotopic (exact) mass is 289 g/mol. The highest BCUT2D eigenvalue weighted by molar-refractivity contribution is 7.09. The van der Waals surface area contributed by atoms with Crippen LogP contribution in [0.3, 0.4) is 0 Å². The lowest BCUT2D eigenvalue weighted by Gasteiger charge is -2.15. The minimum Gasteiger partial charge on any atom is -0.330 e. The molecule has 0 spiro atoms. The van der Waals surface area contributed by atoms with Gasteiger partial charge in [-0.25, -0.2) is 4.98 Å². The van der Waals surface area contributed by atoms with Gasteiger partial charge < -0.3 is 5.73 Å². The quantitative estimate of drug-likeness (QED) is 0.930. The van der Waals surface area contributed by atoms with Crippen LogP contribution in [-0.2, 0) is 12.0 Å². The first kappa shape index (κ1) is 15.9. The molecular formula is C13H24ClN3S. The Balaban J connectivity index is 0.00000162. The fraction of sp³-hybridized carbons (Fsp3) is 0.769. The summed E-state index contributed by atoms with van der Waals surface area (Å²) in [7, 11) is 0. The van der Waals surface area contributed by atoms with Crippen LogP contribution in [-0.4, -0.2) is 29.5 Å². The molecule has 0 aliphatic carbocycles. The van der Waals surface area contributed by atoms with Crippen molar-refractivity contribution in [3.63, 3.8) is 0 Å². The molecule has 1 aromatic rings. The lowest BCUT2D eigenvalue weighted by Crippen LogP contribution is -2.23. The highest BCUT2D eigenvalue weighted by atomic mass is 35.5. The molecule has 1 fully saturated rings. The molecule has 0 amide bonds. The number of hydrogen-bond donors (Lipinski definition) is 1. The molecule has 0 aromatic carbocycles. The third-order valence-electron chi connectivity index (χ3n) is 3.28. The maximum Gasteiger partial charge on any atom is 0.0982 e. The van der Waals surface area contributed by atoms with Gasteiger partial charge in [0.1, 0.15) is 0 Å². The van der Waals surface area contributed by atoms with E-state index in [2.05, 4.69) is 31.1 Å². The van der Waals surface area contributed by atoms with Crippen molar-refractivity contribution >= 4 is 23.7 Å². The molecule has 2 rings (SSSR count). The summed E-state index contributed by atoms with van der Waals surface area (Å²) in [5.41, 5.74) is 7.10. The third kappa shape index (κ3) is 3.92. The molecule has 1 aliphatic heterocycles. The van der Waals surface area contributed by atoms with Crippen LogP contribution in [0.2, 0.25) is 0 Å². The van der Waals surface area contributed by atoms with E-state index in [-0.39, 0.29) is 17.8 Å². The van der Waals surface area contributed by atoms with Gasteiger partial charge in [0.25, 0.3) is 0 Å². The molecule has 2 heterocycles. The van der Waals surface area contributed by atoms with E-state index in [1.807, 2.05) is 0 Å². The zero-order chi connectivity index (χ0) is 12.5. The van der Waals surface area contributed by atoms with Crippen molar-refractivity contribution in [3.05, 3.63) is 16.1 Å². The first-order valence-corrected chi connectivity index (χ1v) is 7.24. The Bertz CT molecular complexity index is 373. The van der Waals surface area contributed by atoms with Crippen LogP contribution in [0.4, 0.5) is 0 Å². The largest absolute Gasteiger partial charge is 0.330 e. The SMILES string of the molecule is CC(C)(C)c1nc(CN2CCC(CN)C2)cs1.Cl. The van der Waals surface area contributed by atoms with E-state index < -0.39 is 0 Å². The topological polar surface area (TPSA) is 42.2 Å². The normalized spacial score (nSPS) is 21.0. The summed E-state index contributed by atoms with van der Waals surface area (Å²) in [6.07, 6.45) is 1.24. The molecule has 1 aromatic heterocycles. The van der Waals surface area contributed by atoms with Gasteiger partial charge >= 0.3 is 0 Å². The molecule has 104 valence electrons. The fourth-order valence-electron chi connectivity index (χ4n) is 2.20. The van der Waals surface area contributed by atoms with Gasteiger partial charge in [-0.2, -0.15) is 0 Å². The van der Waals surface area contributed by atoms with Crippen molar-refractivity contribution in [3.8, 4) is 0 Å². The number of thiazole rings is 1. The van der Waals surface area contributed by atoms with Crippen molar-refractivity contribution < 1.29 is 0 Å². The van der Waals surface area contributed by atoms with E-state index in [1.54, 1.807) is 11.3 Å². The average molecular weight is 290 g/mol. The summed E-state index contributed by atoms with van der Waals surface area (Å²) in [6, 6.07) is 0. The molecule has 5 heteroatoms. The Labute approximate surface area is 120 Å². The maximum atomic E-state index is 5.71. The summed E-state index contributed by atoms with van der Waals surface area (Å²) in [5, 5.41) is 3.44. The first-order valence-electron chi connectivity index (χ1n) is 6.36. The van der Waals surface area contributed by atoms with Crippen molar-refractivity contribution in [1.29, 1.82) is 0 Å². The minimum atomic E-state index is 0. The third-order valence-corrected chi connectivity index (χ3v) is 4.60. The molecule has 0 radical (unpaired) electrons. The minimum absolute atomic E-state index is 0. The van der Waals surface area contributed by atoms with Crippen LogP contribution in [0.5, 0.6) is 0 Å². The number of likely N-dealkylation sites (tertiary alicyclic amines) is 1. The molecule has 0 saturated carbocycles. The number of halogens is 1. The van der Waals surface area contributed by atoms with Gasteiger partial charge in [-0.3, -0.25) is 4.90 Å². The Morgan fingerprint density at radius 2 is 2.22 bits per heavy atom. The standard InChI is InChI=1S/C13H23N3S.ClH/c1-13(2,3)12-15-11(9-17-12)8-16-5-4-10(6-14)7-16;/h9-10H,4-8,14H2,1-3H3;1H. The molecular weight excluding hydrogens is 266 g/mol. The number of nitrogens with zero attached hydrogens (tertiary/aromatic N) is 2. The smallest absolute Gasteiger partial charge is 0.0982 e. The highest BCUT2D eigenvalue weighted by Crippen LogP contribution is 2.26. The Morgan fingerprint density at radius 3 is 2.72 bits per heavy atom. The van der Waals surface area contributed by atoms with Crippen LogP contribution in [0.15, 0.2) is 5.38 Å². The van der Waals surface area contributed by atoms with Crippen LogP contribution in [0.25, 0.3) is 0 Å². The second-order valence-electron chi connectivity index (χ2n) is 6.02. The van der Waals surface area contributed by atoms with Gasteiger partial charge in [0.15, 0.2) is 0 Å². The second kappa shape index (κ2) is 6.33. The first-order chi connectivity index (χ1) is 7.99.